The van der Waals surface area contributed by atoms with Crippen LogP contribution in [0.15, 0.2) is 34.5 Å². The molecule has 1 saturated heterocycles. The summed E-state index contributed by atoms with van der Waals surface area (Å²) in [6, 6.07) is 7.88. The van der Waals surface area contributed by atoms with E-state index in [4.69, 9.17) is 4.74 Å². The topological polar surface area (TPSA) is 49.9 Å². The van der Waals surface area contributed by atoms with Crippen LogP contribution in [0, 0.1) is 6.92 Å². The molecule has 3 heterocycles. The molecule has 0 unspecified atom stereocenters. The summed E-state index contributed by atoms with van der Waals surface area (Å²) >= 11 is 1.86. The lowest BCUT2D eigenvalue weighted by molar-refractivity contribution is 0.127. The van der Waals surface area contributed by atoms with E-state index in [2.05, 4.69) is 16.3 Å². The molecule has 152 valence electrons. The standard InChI is InChI=1S/C21H28N2O3S2/c1-3-26-20-5-4-19(14-16(20)2)28(24,25)23-11-6-18(7-12-23)22-10-8-21-17(15-22)9-13-27-21/h4-5,9,13-14,18H,3,6-8,10-12,15H2,1-2H3. The Balaban J connectivity index is 1.41. The van der Waals surface area contributed by atoms with E-state index in [9.17, 15) is 8.42 Å². The number of piperidine rings is 1. The van der Waals surface area contributed by atoms with Crippen molar-refractivity contribution in [3.63, 3.8) is 0 Å². The Hall–Kier alpha value is -1.41. The van der Waals surface area contributed by atoms with Crippen LogP contribution in [0.25, 0.3) is 0 Å². The molecule has 1 aromatic heterocycles. The number of nitrogens with zero attached hydrogens (tertiary/aromatic N) is 2. The molecule has 0 atom stereocenters. The average molecular weight is 421 g/mol. The first-order valence-electron chi connectivity index (χ1n) is 10.0. The van der Waals surface area contributed by atoms with E-state index in [0.29, 0.717) is 30.6 Å². The number of sulfonamides is 1. The Bertz CT molecular complexity index is 931. The van der Waals surface area contributed by atoms with Gasteiger partial charge in [-0.1, -0.05) is 0 Å². The molecule has 0 N–H and O–H groups in total. The van der Waals surface area contributed by atoms with E-state index in [1.165, 1.54) is 10.4 Å². The summed E-state index contributed by atoms with van der Waals surface area (Å²) in [5.41, 5.74) is 2.31. The van der Waals surface area contributed by atoms with Gasteiger partial charge in [-0.05, 0) is 73.9 Å². The molecule has 0 bridgehead atoms. The van der Waals surface area contributed by atoms with Crippen LogP contribution >= 0.6 is 11.3 Å². The summed E-state index contributed by atoms with van der Waals surface area (Å²) < 4.78 is 33.4. The monoisotopic (exact) mass is 420 g/mol. The van der Waals surface area contributed by atoms with E-state index in [1.54, 1.807) is 22.5 Å². The molecular formula is C21H28N2O3S2. The second kappa shape index (κ2) is 8.14. The van der Waals surface area contributed by atoms with Crippen LogP contribution in [-0.2, 0) is 23.0 Å². The molecule has 4 rings (SSSR count). The van der Waals surface area contributed by atoms with Crippen LogP contribution in [0.2, 0.25) is 0 Å². The van der Waals surface area contributed by atoms with E-state index in [1.807, 2.05) is 25.2 Å². The van der Waals surface area contributed by atoms with E-state index in [-0.39, 0.29) is 0 Å². The minimum Gasteiger partial charge on any atom is -0.494 e. The predicted octanol–water partition coefficient (Wildman–Crippen LogP) is 3.67. The Morgan fingerprint density at radius 2 is 1.96 bits per heavy atom. The summed E-state index contributed by atoms with van der Waals surface area (Å²) in [6.07, 6.45) is 2.92. The number of ether oxygens (including phenoxy) is 1. The number of hydrogen-bond donors (Lipinski definition) is 0. The molecule has 28 heavy (non-hydrogen) atoms. The molecule has 0 radical (unpaired) electrons. The Morgan fingerprint density at radius 1 is 1.18 bits per heavy atom. The SMILES string of the molecule is CCOc1ccc(S(=O)(=O)N2CCC(N3CCc4sccc4C3)CC2)cc1C. The van der Waals surface area contributed by atoms with Crippen molar-refractivity contribution in [2.75, 3.05) is 26.2 Å². The summed E-state index contributed by atoms with van der Waals surface area (Å²) in [7, 11) is -3.45. The Labute approximate surface area is 172 Å². The number of fused-ring (bicyclic) bond motifs is 1. The largest absolute Gasteiger partial charge is 0.494 e. The summed E-state index contributed by atoms with van der Waals surface area (Å²) in [5.74, 6) is 0.748. The minimum absolute atomic E-state index is 0.368. The van der Waals surface area contributed by atoms with Crippen molar-refractivity contribution in [2.24, 2.45) is 0 Å². The highest BCUT2D eigenvalue weighted by atomic mass is 32.2. The number of thiophene rings is 1. The highest BCUT2D eigenvalue weighted by molar-refractivity contribution is 7.89. The van der Waals surface area contributed by atoms with Crippen LogP contribution in [0.4, 0.5) is 0 Å². The van der Waals surface area contributed by atoms with Gasteiger partial charge in [-0.2, -0.15) is 4.31 Å². The second-order valence-electron chi connectivity index (χ2n) is 7.59. The Kier molecular flexibility index (Phi) is 5.78. The van der Waals surface area contributed by atoms with E-state index < -0.39 is 10.0 Å². The third-order valence-corrected chi connectivity index (χ3v) is 8.78. The van der Waals surface area contributed by atoms with Gasteiger partial charge in [0.15, 0.2) is 0 Å². The maximum Gasteiger partial charge on any atom is 0.243 e. The first-order chi connectivity index (χ1) is 13.5. The second-order valence-corrected chi connectivity index (χ2v) is 10.5. The van der Waals surface area contributed by atoms with Crippen LogP contribution in [0.5, 0.6) is 5.75 Å². The van der Waals surface area contributed by atoms with Gasteiger partial charge >= 0.3 is 0 Å². The highest BCUT2D eigenvalue weighted by Gasteiger charge is 2.33. The highest BCUT2D eigenvalue weighted by Crippen LogP contribution is 2.30. The van der Waals surface area contributed by atoms with Gasteiger partial charge in [0, 0.05) is 37.1 Å². The fraction of sp³-hybridized carbons (Fsp3) is 0.524. The molecule has 2 aromatic rings. The Morgan fingerprint density at radius 3 is 2.68 bits per heavy atom. The summed E-state index contributed by atoms with van der Waals surface area (Å²) in [4.78, 5) is 4.43. The molecule has 1 fully saturated rings. The number of hydrogen-bond acceptors (Lipinski definition) is 5. The third kappa shape index (κ3) is 3.85. The van der Waals surface area contributed by atoms with E-state index in [0.717, 1.165) is 43.7 Å². The van der Waals surface area contributed by atoms with Crippen molar-refractivity contribution in [3.8, 4) is 5.75 Å². The number of rotatable bonds is 5. The zero-order valence-electron chi connectivity index (χ0n) is 16.6. The molecule has 2 aliphatic heterocycles. The summed E-state index contributed by atoms with van der Waals surface area (Å²) in [6.45, 7) is 7.67. The van der Waals surface area contributed by atoms with Gasteiger partial charge in [0.1, 0.15) is 5.75 Å². The van der Waals surface area contributed by atoms with Gasteiger partial charge in [0.2, 0.25) is 10.0 Å². The molecule has 0 spiro atoms. The first kappa shape index (κ1) is 19.9. The zero-order valence-corrected chi connectivity index (χ0v) is 18.2. The molecule has 1 aromatic carbocycles. The molecule has 7 heteroatoms. The van der Waals surface area contributed by atoms with Crippen molar-refractivity contribution < 1.29 is 13.2 Å². The van der Waals surface area contributed by atoms with Crippen LogP contribution in [0.1, 0.15) is 35.8 Å². The van der Waals surface area contributed by atoms with E-state index >= 15 is 0 Å². The fourth-order valence-electron chi connectivity index (χ4n) is 4.28. The maximum atomic E-state index is 13.1. The number of benzene rings is 1. The minimum atomic E-state index is -3.45. The quantitative estimate of drug-likeness (QED) is 0.741. The van der Waals surface area contributed by atoms with Gasteiger partial charge in [-0.25, -0.2) is 8.42 Å². The normalized spacial score (nSPS) is 19.5. The number of aryl methyl sites for hydroxylation is 1. The van der Waals surface area contributed by atoms with Gasteiger partial charge in [-0.3, -0.25) is 4.90 Å². The van der Waals surface area contributed by atoms with Crippen LogP contribution in [0.3, 0.4) is 0 Å². The molecule has 0 amide bonds. The third-order valence-electron chi connectivity index (χ3n) is 5.86. The summed E-state index contributed by atoms with van der Waals surface area (Å²) in [5, 5.41) is 2.18. The lowest BCUT2D eigenvalue weighted by atomic mass is 10.0. The lowest BCUT2D eigenvalue weighted by Gasteiger charge is -2.39. The average Bonchev–Trinajstić information content (AvgIpc) is 3.17. The predicted molar refractivity (Wildman–Crippen MR) is 113 cm³/mol. The van der Waals surface area contributed by atoms with Gasteiger partial charge in [0.25, 0.3) is 0 Å². The molecule has 0 aliphatic carbocycles. The van der Waals surface area contributed by atoms with Crippen molar-refractivity contribution in [2.45, 2.75) is 50.6 Å². The molecular weight excluding hydrogens is 392 g/mol. The van der Waals surface area contributed by atoms with Gasteiger partial charge in [-0.15, -0.1) is 11.3 Å². The molecule has 0 saturated carbocycles. The van der Waals surface area contributed by atoms with Gasteiger partial charge in [0.05, 0.1) is 11.5 Å². The zero-order chi connectivity index (χ0) is 19.7. The molecule has 2 aliphatic rings. The van der Waals surface area contributed by atoms with Gasteiger partial charge < -0.3 is 4.74 Å². The molecule has 5 nitrogen and oxygen atoms in total. The van der Waals surface area contributed by atoms with Crippen molar-refractivity contribution in [1.29, 1.82) is 0 Å². The van der Waals surface area contributed by atoms with Crippen molar-refractivity contribution in [1.82, 2.24) is 9.21 Å². The lowest BCUT2D eigenvalue weighted by Crippen LogP contribution is -2.47. The van der Waals surface area contributed by atoms with Crippen LogP contribution < -0.4 is 4.74 Å². The van der Waals surface area contributed by atoms with Crippen LogP contribution in [-0.4, -0.2) is 49.9 Å². The van der Waals surface area contributed by atoms with Crippen molar-refractivity contribution >= 4 is 21.4 Å². The smallest absolute Gasteiger partial charge is 0.243 e. The fourth-order valence-corrected chi connectivity index (χ4v) is 6.72. The first-order valence-corrected chi connectivity index (χ1v) is 12.3. The van der Waals surface area contributed by atoms with Crippen molar-refractivity contribution in [3.05, 3.63) is 45.6 Å². The maximum absolute atomic E-state index is 13.1.